The molecule has 6 nitrogen and oxygen atoms in total. The lowest BCUT2D eigenvalue weighted by molar-refractivity contribution is -0.144. The van der Waals surface area contributed by atoms with Gasteiger partial charge in [0.05, 0.1) is 18.3 Å². The van der Waals surface area contributed by atoms with Crippen molar-refractivity contribution in [1.82, 2.24) is 14.3 Å². The molecular formula is C8H8ClN3O3S. The molecule has 1 aromatic heterocycles. The molecule has 0 aliphatic carbocycles. The Morgan fingerprint density at radius 3 is 2.62 bits per heavy atom. The molecule has 1 aliphatic heterocycles. The van der Waals surface area contributed by atoms with Crippen molar-refractivity contribution in [3.05, 3.63) is 24.3 Å². The predicted molar refractivity (Wildman–Crippen MR) is 55.6 cm³/mol. The van der Waals surface area contributed by atoms with Crippen molar-refractivity contribution >= 4 is 25.8 Å². The van der Waals surface area contributed by atoms with E-state index in [9.17, 15) is 13.2 Å². The Hall–Kier alpha value is -1.21. The van der Waals surface area contributed by atoms with Crippen LogP contribution in [0, 0.1) is 0 Å². The van der Waals surface area contributed by atoms with Gasteiger partial charge in [-0.1, -0.05) is 0 Å². The van der Waals surface area contributed by atoms with Gasteiger partial charge in [0, 0.05) is 23.1 Å². The van der Waals surface area contributed by atoms with E-state index in [0.29, 0.717) is 10.00 Å². The van der Waals surface area contributed by atoms with Crippen molar-refractivity contribution in [1.29, 1.82) is 0 Å². The van der Waals surface area contributed by atoms with Gasteiger partial charge in [-0.2, -0.15) is 8.42 Å². The molecule has 86 valence electrons. The largest absolute Gasteiger partial charge is 0.324 e. The first-order chi connectivity index (χ1) is 7.36. The zero-order chi connectivity index (χ0) is 12.0. The smallest absolute Gasteiger partial charge is 0.274 e. The van der Waals surface area contributed by atoms with Gasteiger partial charge in [0.2, 0.25) is 5.91 Å². The van der Waals surface area contributed by atoms with Crippen LogP contribution in [0.4, 0.5) is 0 Å². The molecule has 1 atom stereocenters. The molecule has 0 radical (unpaired) electrons. The average molecular weight is 262 g/mol. The number of rotatable bonds is 2. The number of carbonyl (C=O) groups excluding carboxylic acids is 1. The van der Waals surface area contributed by atoms with Gasteiger partial charge in [-0.05, 0) is 6.92 Å². The zero-order valence-corrected chi connectivity index (χ0v) is 9.86. The summed E-state index contributed by atoms with van der Waals surface area (Å²) in [5, 5.41) is 0. The summed E-state index contributed by atoms with van der Waals surface area (Å²) >= 11 is 0. The summed E-state index contributed by atoms with van der Waals surface area (Å²) in [6.07, 6.45) is 4.37. The quantitative estimate of drug-likeness (QED) is 0.569. The van der Waals surface area contributed by atoms with Gasteiger partial charge < -0.3 is 0 Å². The third kappa shape index (κ3) is 1.56. The van der Waals surface area contributed by atoms with Gasteiger partial charge >= 0.3 is 9.24 Å². The summed E-state index contributed by atoms with van der Waals surface area (Å²) in [5.41, 5.74) is -0.620. The number of aromatic nitrogens is 2. The maximum atomic E-state index is 11.3. The Labute approximate surface area is 96.8 Å². The van der Waals surface area contributed by atoms with E-state index in [1.807, 2.05) is 0 Å². The molecule has 1 amide bonds. The van der Waals surface area contributed by atoms with E-state index in [1.54, 1.807) is 6.92 Å². The minimum absolute atomic E-state index is 0.0532. The van der Waals surface area contributed by atoms with Crippen molar-refractivity contribution in [2.45, 2.75) is 18.9 Å². The van der Waals surface area contributed by atoms with Crippen molar-refractivity contribution in [2.24, 2.45) is 0 Å². The molecule has 0 saturated carbocycles. The first-order valence-corrected chi connectivity index (χ1v) is 6.67. The highest BCUT2D eigenvalue weighted by Gasteiger charge is 2.55. The molecule has 1 aromatic rings. The maximum absolute atomic E-state index is 11.3. The molecule has 0 bridgehead atoms. The minimum atomic E-state index is -4.08. The summed E-state index contributed by atoms with van der Waals surface area (Å²) in [4.78, 5) is 19.1. The van der Waals surface area contributed by atoms with E-state index in [4.69, 9.17) is 10.7 Å². The third-order valence-electron chi connectivity index (χ3n) is 2.50. The molecule has 1 aliphatic rings. The van der Waals surface area contributed by atoms with Crippen LogP contribution in [0.2, 0.25) is 0 Å². The molecular weight excluding hydrogens is 254 g/mol. The molecule has 0 N–H and O–H groups in total. The van der Waals surface area contributed by atoms with Gasteiger partial charge in [-0.15, -0.1) is 0 Å². The second-order valence-corrected chi connectivity index (χ2v) is 6.00. The Balaban J connectivity index is 2.46. The lowest BCUT2D eigenvalue weighted by atomic mass is 9.86. The summed E-state index contributed by atoms with van der Waals surface area (Å²) in [7, 11) is 1.11. The molecule has 1 saturated heterocycles. The number of hydrogen-bond acceptors (Lipinski definition) is 5. The van der Waals surface area contributed by atoms with Crippen molar-refractivity contribution in [2.75, 3.05) is 0 Å². The van der Waals surface area contributed by atoms with E-state index in [1.165, 1.54) is 18.6 Å². The molecule has 2 rings (SSSR count). The van der Waals surface area contributed by atoms with Crippen LogP contribution < -0.4 is 0 Å². The Morgan fingerprint density at radius 2 is 2.19 bits per heavy atom. The number of nitrogens with zero attached hydrogens (tertiary/aromatic N) is 3. The fraction of sp³-hybridized carbons (Fsp3) is 0.375. The lowest BCUT2D eigenvalue weighted by Crippen LogP contribution is -2.60. The first-order valence-electron chi connectivity index (χ1n) is 4.40. The van der Waals surface area contributed by atoms with Crippen LogP contribution in [-0.2, 0) is 19.6 Å². The summed E-state index contributed by atoms with van der Waals surface area (Å²) in [6, 6.07) is 0. The number of amides is 1. The van der Waals surface area contributed by atoms with Crippen LogP contribution >= 0.6 is 10.7 Å². The van der Waals surface area contributed by atoms with Gasteiger partial charge in [0.25, 0.3) is 0 Å². The highest BCUT2D eigenvalue weighted by atomic mass is 35.7. The van der Waals surface area contributed by atoms with Crippen LogP contribution in [0.5, 0.6) is 0 Å². The van der Waals surface area contributed by atoms with Crippen molar-refractivity contribution in [3.8, 4) is 0 Å². The fourth-order valence-corrected chi connectivity index (χ4v) is 3.39. The number of hydrogen-bond donors (Lipinski definition) is 0. The first kappa shape index (κ1) is 11.3. The molecule has 1 fully saturated rings. The van der Waals surface area contributed by atoms with Crippen LogP contribution in [0.1, 0.15) is 19.0 Å². The standard InChI is InChI=1S/C8H8ClN3O3S/c1-8(6-5-10-2-3-11-6)4-7(13)12(8)16(9,14)15/h2-3,5H,4H2,1H3. The third-order valence-corrected chi connectivity index (χ3v) is 3.96. The van der Waals surface area contributed by atoms with E-state index in [0.717, 1.165) is 0 Å². The van der Waals surface area contributed by atoms with E-state index >= 15 is 0 Å². The molecule has 16 heavy (non-hydrogen) atoms. The zero-order valence-electron chi connectivity index (χ0n) is 8.29. The maximum Gasteiger partial charge on any atom is 0.324 e. The van der Waals surface area contributed by atoms with Crippen LogP contribution in [-0.4, -0.2) is 28.6 Å². The Bertz CT molecular complexity index is 533. The SMILES string of the molecule is CC1(c2cnccn2)CC(=O)N1S(=O)(=O)Cl. The number of β-lactam (4-membered cyclic amide) rings is 1. The Kier molecular flexibility index (Phi) is 2.39. The van der Waals surface area contributed by atoms with E-state index in [-0.39, 0.29) is 6.42 Å². The molecule has 2 heterocycles. The predicted octanol–water partition coefficient (Wildman–Crippen LogP) is 0.408. The van der Waals surface area contributed by atoms with Gasteiger partial charge in [-0.3, -0.25) is 14.8 Å². The highest BCUT2D eigenvalue weighted by Crippen LogP contribution is 2.42. The van der Waals surface area contributed by atoms with E-state index < -0.39 is 20.7 Å². The van der Waals surface area contributed by atoms with Crippen LogP contribution in [0.15, 0.2) is 18.6 Å². The normalized spacial score (nSPS) is 25.4. The minimum Gasteiger partial charge on any atom is -0.274 e. The van der Waals surface area contributed by atoms with Gasteiger partial charge in [0.15, 0.2) is 0 Å². The average Bonchev–Trinajstić information content (AvgIpc) is 2.15. The molecule has 0 spiro atoms. The molecule has 0 aromatic carbocycles. The summed E-state index contributed by atoms with van der Waals surface area (Å²) in [6.45, 7) is 1.58. The molecule has 8 heteroatoms. The summed E-state index contributed by atoms with van der Waals surface area (Å²) < 4.78 is 23.1. The van der Waals surface area contributed by atoms with Crippen LogP contribution in [0.25, 0.3) is 0 Å². The van der Waals surface area contributed by atoms with E-state index in [2.05, 4.69) is 9.97 Å². The molecule has 1 unspecified atom stereocenters. The fourth-order valence-electron chi connectivity index (χ4n) is 1.76. The highest BCUT2D eigenvalue weighted by molar-refractivity contribution is 8.12. The summed E-state index contributed by atoms with van der Waals surface area (Å²) in [5.74, 6) is -0.539. The van der Waals surface area contributed by atoms with Gasteiger partial charge in [-0.25, -0.2) is 4.31 Å². The second-order valence-electron chi connectivity index (χ2n) is 3.64. The Morgan fingerprint density at radius 1 is 1.50 bits per heavy atom. The number of halogens is 1. The van der Waals surface area contributed by atoms with Crippen molar-refractivity contribution < 1.29 is 13.2 Å². The monoisotopic (exact) mass is 261 g/mol. The number of carbonyl (C=O) groups is 1. The van der Waals surface area contributed by atoms with Crippen molar-refractivity contribution in [3.63, 3.8) is 0 Å². The van der Waals surface area contributed by atoms with Crippen LogP contribution in [0.3, 0.4) is 0 Å². The second kappa shape index (κ2) is 3.39. The lowest BCUT2D eigenvalue weighted by Gasteiger charge is -2.45. The topological polar surface area (TPSA) is 80.2 Å². The van der Waals surface area contributed by atoms with Gasteiger partial charge in [0.1, 0.15) is 5.54 Å².